The highest BCUT2D eigenvalue weighted by atomic mass is 19.1. The third kappa shape index (κ3) is 5.46. The van der Waals surface area contributed by atoms with Gasteiger partial charge in [0.15, 0.2) is 22.7 Å². The van der Waals surface area contributed by atoms with E-state index in [0.717, 1.165) is 24.1 Å². The molecule has 9 heteroatoms. The van der Waals surface area contributed by atoms with E-state index in [1.54, 1.807) is 61.8 Å². The fraction of sp³-hybridized carbons (Fsp3) is 0.235. The van der Waals surface area contributed by atoms with Crippen LogP contribution < -0.4 is 19.6 Å². The highest BCUT2D eigenvalue weighted by Crippen LogP contribution is 2.38. The number of hydrogen-bond acceptors (Lipinski definition) is 7. The molecule has 1 fully saturated rings. The fourth-order valence-corrected chi connectivity index (χ4v) is 5.35. The van der Waals surface area contributed by atoms with Crippen LogP contribution in [0.15, 0.2) is 71.8 Å². The summed E-state index contributed by atoms with van der Waals surface area (Å²) in [4.78, 5) is 36.1. The van der Waals surface area contributed by atoms with Crippen molar-refractivity contribution in [1.82, 2.24) is 14.5 Å². The zero-order valence-corrected chi connectivity index (χ0v) is 24.3. The van der Waals surface area contributed by atoms with Crippen LogP contribution in [0.25, 0.3) is 22.2 Å². The zero-order valence-electron chi connectivity index (χ0n) is 24.3. The van der Waals surface area contributed by atoms with E-state index in [1.165, 1.54) is 26.4 Å². The third-order valence-corrected chi connectivity index (χ3v) is 7.72. The van der Waals surface area contributed by atoms with Crippen molar-refractivity contribution in [2.45, 2.75) is 39.2 Å². The molecule has 3 aromatic heterocycles. The Hall–Kier alpha value is -5.05. The summed E-state index contributed by atoms with van der Waals surface area (Å²) < 4.78 is 32.6. The first-order chi connectivity index (χ1) is 20.8. The van der Waals surface area contributed by atoms with Gasteiger partial charge in [0.05, 0.1) is 25.3 Å². The molecular formula is C34H30FN3O5. The first-order valence-electron chi connectivity index (χ1n) is 14.0. The van der Waals surface area contributed by atoms with Gasteiger partial charge in [-0.2, -0.15) is 0 Å². The molecule has 1 aliphatic carbocycles. The quantitative estimate of drug-likeness (QED) is 0.178. The van der Waals surface area contributed by atoms with Gasteiger partial charge in [-0.15, -0.1) is 0 Å². The van der Waals surface area contributed by atoms with E-state index in [0.29, 0.717) is 50.9 Å². The lowest BCUT2D eigenvalue weighted by Gasteiger charge is -2.17. The van der Waals surface area contributed by atoms with Gasteiger partial charge in [-0.1, -0.05) is 18.2 Å². The molecule has 218 valence electrons. The van der Waals surface area contributed by atoms with Crippen molar-refractivity contribution < 1.29 is 23.4 Å². The molecule has 0 N–H and O–H groups in total. The maximum atomic E-state index is 13.8. The predicted octanol–water partition coefficient (Wildman–Crippen LogP) is 6.78. The molecular weight excluding hydrogens is 549 g/mol. The largest absolute Gasteiger partial charge is 0.491 e. The number of nitrogens with zero attached hydrogens (tertiary/aromatic N) is 3. The van der Waals surface area contributed by atoms with E-state index in [2.05, 4.69) is 9.97 Å². The minimum atomic E-state index is -0.366. The standard InChI is InChI=1S/C34H30FN3O5/c1-19-15-22(35)7-12-25(19)31-20(2)38(23-8-9-23)18-26(33(31)40)28(39)16-21-5-10-24(11-6-21)43-29-13-14-36-27-17-30(41-3)34(42-4)37-32(27)29/h5-7,10-15,17-18,23H,8-9,16H2,1-4H3. The van der Waals surface area contributed by atoms with Crippen molar-refractivity contribution in [3.63, 3.8) is 0 Å². The van der Waals surface area contributed by atoms with Crippen molar-refractivity contribution in [2.75, 3.05) is 14.2 Å². The molecule has 0 unspecified atom stereocenters. The van der Waals surface area contributed by atoms with Crippen molar-refractivity contribution in [1.29, 1.82) is 0 Å². The summed E-state index contributed by atoms with van der Waals surface area (Å²) in [7, 11) is 3.04. The molecule has 0 aliphatic heterocycles. The van der Waals surface area contributed by atoms with E-state index < -0.39 is 0 Å². The van der Waals surface area contributed by atoms with E-state index in [4.69, 9.17) is 14.2 Å². The first-order valence-corrected chi connectivity index (χ1v) is 14.0. The molecule has 3 heterocycles. The molecule has 2 aromatic carbocycles. The highest BCUT2D eigenvalue weighted by Gasteiger charge is 2.28. The van der Waals surface area contributed by atoms with Crippen LogP contribution in [0.5, 0.6) is 23.1 Å². The molecule has 0 atom stereocenters. The van der Waals surface area contributed by atoms with Crippen LogP contribution >= 0.6 is 0 Å². The number of benzene rings is 2. The van der Waals surface area contributed by atoms with Crippen LogP contribution in [-0.4, -0.2) is 34.5 Å². The molecule has 43 heavy (non-hydrogen) atoms. The summed E-state index contributed by atoms with van der Waals surface area (Å²) in [6.07, 6.45) is 5.34. The smallest absolute Gasteiger partial charge is 0.257 e. The number of ether oxygens (including phenoxy) is 3. The van der Waals surface area contributed by atoms with Gasteiger partial charge in [0.2, 0.25) is 0 Å². The molecule has 5 aromatic rings. The topological polar surface area (TPSA) is 92.5 Å². The number of rotatable bonds is 9. The van der Waals surface area contributed by atoms with Crippen LogP contribution in [0.4, 0.5) is 4.39 Å². The van der Waals surface area contributed by atoms with Crippen LogP contribution in [-0.2, 0) is 6.42 Å². The summed E-state index contributed by atoms with van der Waals surface area (Å²) in [6.45, 7) is 3.66. The number of hydrogen-bond donors (Lipinski definition) is 0. The van der Waals surface area contributed by atoms with Crippen LogP contribution in [0, 0.1) is 19.7 Å². The van der Waals surface area contributed by atoms with Gasteiger partial charge < -0.3 is 18.8 Å². The van der Waals surface area contributed by atoms with Crippen LogP contribution in [0.2, 0.25) is 0 Å². The Labute approximate surface area is 247 Å². The molecule has 0 radical (unpaired) electrons. The second kappa shape index (κ2) is 11.3. The maximum absolute atomic E-state index is 13.8. The second-order valence-corrected chi connectivity index (χ2v) is 10.7. The summed E-state index contributed by atoms with van der Waals surface area (Å²) in [6, 6.07) is 15.2. The predicted molar refractivity (Wildman–Crippen MR) is 161 cm³/mol. The van der Waals surface area contributed by atoms with E-state index >= 15 is 0 Å². The average molecular weight is 580 g/mol. The molecule has 0 spiro atoms. The zero-order chi connectivity index (χ0) is 30.2. The van der Waals surface area contributed by atoms with E-state index in [9.17, 15) is 14.0 Å². The first kappa shape index (κ1) is 28.1. The lowest BCUT2D eigenvalue weighted by molar-refractivity contribution is 0.0991. The molecule has 8 nitrogen and oxygen atoms in total. The SMILES string of the molecule is COc1cc2nccc(Oc3ccc(CC(=O)c4cn(C5CC5)c(C)c(-c5ccc(F)cc5C)c4=O)cc3)c2nc1OC. The number of Topliss-reactive ketones (excluding diaryl/α,β-unsaturated/α-hetero) is 1. The van der Waals surface area contributed by atoms with Gasteiger partial charge in [0.25, 0.3) is 5.88 Å². The Morgan fingerprint density at radius 3 is 2.44 bits per heavy atom. The van der Waals surface area contributed by atoms with Gasteiger partial charge in [-0.05, 0) is 67.6 Å². The summed E-state index contributed by atoms with van der Waals surface area (Å²) in [5, 5.41) is 0. The number of ketones is 1. The number of fused-ring (bicyclic) bond motifs is 1. The summed E-state index contributed by atoms with van der Waals surface area (Å²) in [5.74, 6) is 1.16. The van der Waals surface area contributed by atoms with Gasteiger partial charge in [0, 0.05) is 48.2 Å². The number of aromatic nitrogens is 3. The van der Waals surface area contributed by atoms with Gasteiger partial charge in [0.1, 0.15) is 17.1 Å². The molecule has 0 saturated heterocycles. The Morgan fingerprint density at radius 2 is 1.77 bits per heavy atom. The number of aryl methyl sites for hydroxylation is 1. The molecule has 6 rings (SSSR count). The normalized spacial score (nSPS) is 12.8. The average Bonchev–Trinajstić information content (AvgIpc) is 3.84. The minimum Gasteiger partial charge on any atom is -0.491 e. The molecule has 0 bridgehead atoms. The van der Waals surface area contributed by atoms with Crippen molar-refractivity contribution in [2.24, 2.45) is 0 Å². The highest BCUT2D eigenvalue weighted by molar-refractivity contribution is 5.98. The van der Waals surface area contributed by atoms with Crippen LogP contribution in [0.1, 0.15) is 46.1 Å². The Balaban J connectivity index is 1.27. The third-order valence-electron chi connectivity index (χ3n) is 7.72. The molecule has 1 saturated carbocycles. The van der Waals surface area contributed by atoms with Gasteiger partial charge >= 0.3 is 0 Å². The van der Waals surface area contributed by atoms with Crippen LogP contribution in [0.3, 0.4) is 0 Å². The van der Waals surface area contributed by atoms with E-state index in [-0.39, 0.29) is 35.1 Å². The summed E-state index contributed by atoms with van der Waals surface area (Å²) in [5.41, 5.74) is 4.16. The Kier molecular flexibility index (Phi) is 7.39. The van der Waals surface area contributed by atoms with Crippen molar-refractivity contribution in [3.05, 3.63) is 105 Å². The van der Waals surface area contributed by atoms with Crippen molar-refractivity contribution >= 4 is 16.8 Å². The fourth-order valence-electron chi connectivity index (χ4n) is 5.35. The number of carbonyl (C=O) groups excluding carboxylic acids is 1. The number of halogens is 1. The molecule has 1 aliphatic rings. The second-order valence-electron chi connectivity index (χ2n) is 10.7. The Bertz CT molecular complexity index is 1930. The molecule has 0 amide bonds. The van der Waals surface area contributed by atoms with Gasteiger partial charge in [-0.25, -0.2) is 9.37 Å². The Morgan fingerprint density at radius 1 is 1.00 bits per heavy atom. The number of methoxy groups -OCH3 is 2. The lowest BCUT2D eigenvalue weighted by atomic mass is 9.95. The van der Waals surface area contributed by atoms with Crippen molar-refractivity contribution in [3.8, 4) is 34.3 Å². The van der Waals surface area contributed by atoms with Gasteiger partial charge in [-0.3, -0.25) is 14.6 Å². The minimum absolute atomic E-state index is 0.0435. The lowest BCUT2D eigenvalue weighted by Crippen LogP contribution is -2.23. The number of carbonyl (C=O) groups is 1. The maximum Gasteiger partial charge on any atom is 0.257 e. The number of pyridine rings is 3. The summed E-state index contributed by atoms with van der Waals surface area (Å²) >= 11 is 0. The monoisotopic (exact) mass is 579 g/mol. The van der Waals surface area contributed by atoms with E-state index in [1.807, 2.05) is 11.5 Å².